The summed E-state index contributed by atoms with van der Waals surface area (Å²) < 4.78 is 18.3. The topological polar surface area (TPSA) is 48.0 Å². The largest absolute Gasteiger partial charge is 0.483 e. The maximum absolute atomic E-state index is 12.9. The highest BCUT2D eigenvalue weighted by Crippen LogP contribution is 2.42. The molecular formula is C20H20BrNO4. The first-order valence-electron chi connectivity index (χ1n) is 8.70. The molecule has 2 aliphatic heterocycles. The van der Waals surface area contributed by atoms with Crippen LogP contribution in [0.5, 0.6) is 5.75 Å². The number of anilines is 1. The van der Waals surface area contributed by atoms with Crippen LogP contribution >= 0.6 is 15.9 Å². The molecule has 1 fully saturated rings. The number of hydrogen-bond donors (Lipinski definition) is 0. The Balaban J connectivity index is 1.58. The van der Waals surface area contributed by atoms with Crippen LogP contribution in [0, 0.1) is 0 Å². The van der Waals surface area contributed by atoms with E-state index < -0.39 is 5.60 Å². The maximum Gasteiger partial charge on any atom is 0.414 e. The lowest BCUT2D eigenvalue weighted by Crippen LogP contribution is -2.55. The van der Waals surface area contributed by atoms with Gasteiger partial charge in [0.15, 0.2) is 0 Å². The van der Waals surface area contributed by atoms with Crippen LogP contribution in [0.4, 0.5) is 10.5 Å². The van der Waals surface area contributed by atoms with Gasteiger partial charge in [0.2, 0.25) is 0 Å². The number of benzene rings is 2. The van der Waals surface area contributed by atoms with Gasteiger partial charge in [-0.3, -0.25) is 4.90 Å². The zero-order chi connectivity index (χ0) is 18.0. The van der Waals surface area contributed by atoms with Gasteiger partial charge in [-0.15, -0.1) is 0 Å². The number of halogens is 1. The van der Waals surface area contributed by atoms with Gasteiger partial charge < -0.3 is 14.2 Å². The second-order valence-electron chi connectivity index (χ2n) is 6.64. The molecule has 136 valence electrons. The van der Waals surface area contributed by atoms with Crippen LogP contribution in [-0.4, -0.2) is 31.5 Å². The first-order valence-corrected chi connectivity index (χ1v) is 9.49. The van der Waals surface area contributed by atoms with Gasteiger partial charge >= 0.3 is 6.09 Å². The third kappa shape index (κ3) is 3.57. The Kier molecular flexibility index (Phi) is 4.87. The first-order chi connectivity index (χ1) is 12.7. The summed E-state index contributed by atoms with van der Waals surface area (Å²) in [6.45, 7) is 1.99. The molecule has 0 aliphatic carbocycles. The summed E-state index contributed by atoms with van der Waals surface area (Å²) in [4.78, 5) is 14.6. The molecule has 0 atom stereocenters. The van der Waals surface area contributed by atoms with E-state index in [1.54, 1.807) is 4.90 Å². The minimum atomic E-state index is -0.412. The zero-order valence-electron chi connectivity index (χ0n) is 14.3. The minimum Gasteiger partial charge on any atom is -0.483 e. The van der Waals surface area contributed by atoms with Gasteiger partial charge in [0.25, 0.3) is 0 Å². The molecule has 2 aromatic carbocycles. The molecule has 2 aliphatic rings. The van der Waals surface area contributed by atoms with Crippen molar-refractivity contribution < 1.29 is 19.0 Å². The lowest BCUT2D eigenvalue weighted by atomic mass is 9.91. The highest BCUT2D eigenvalue weighted by molar-refractivity contribution is 9.10. The van der Waals surface area contributed by atoms with E-state index in [0.29, 0.717) is 25.5 Å². The SMILES string of the molecule is O=C(OCc1ccccc1)N1CC2(CCOCC2)Oc2ccc(Br)cc21. The molecule has 4 rings (SSSR count). The smallest absolute Gasteiger partial charge is 0.414 e. The van der Waals surface area contributed by atoms with E-state index in [2.05, 4.69) is 15.9 Å². The number of carbonyl (C=O) groups is 1. The molecule has 6 heteroatoms. The number of fused-ring (bicyclic) bond motifs is 1. The van der Waals surface area contributed by atoms with Crippen molar-refractivity contribution in [3.63, 3.8) is 0 Å². The monoisotopic (exact) mass is 417 g/mol. The van der Waals surface area contributed by atoms with E-state index in [-0.39, 0.29) is 12.7 Å². The van der Waals surface area contributed by atoms with Crippen molar-refractivity contribution in [2.24, 2.45) is 0 Å². The number of carbonyl (C=O) groups excluding carboxylic acids is 1. The second-order valence-corrected chi connectivity index (χ2v) is 7.55. The summed E-state index contributed by atoms with van der Waals surface area (Å²) in [5, 5.41) is 0. The van der Waals surface area contributed by atoms with Crippen molar-refractivity contribution in [3.05, 3.63) is 58.6 Å². The molecule has 0 radical (unpaired) electrons. The fraction of sp³-hybridized carbons (Fsp3) is 0.350. The average Bonchev–Trinajstić information content (AvgIpc) is 2.67. The van der Waals surface area contributed by atoms with E-state index in [1.165, 1.54) is 0 Å². The highest BCUT2D eigenvalue weighted by Gasteiger charge is 2.43. The van der Waals surface area contributed by atoms with E-state index in [1.807, 2.05) is 48.5 Å². The van der Waals surface area contributed by atoms with Crippen LogP contribution in [0.3, 0.4) is 0 Å². The van der Waals surface area contributed by atoms with E-state index >= 15 is 0 Å². The molecule has 0 aromatic heterocycles. The fourth-order valence-electron chi connectivity index (χ4n) is 3.39. The van der Waals surface area contributed by atoms with Crippen LogP contribution in [-0.2, 0) is 16.1 Å². The molecular weight excluding hydrogens is 398 g/mol. The van der Waals surface area contributed by atoms with Crippen molar-refractivity contribution in [2.75, 3.05) is 24.7 Å². The van der Waals surface area contributed by atoms with Gasteiger partial charge in [0, 0.05) is 17.3 Å². The minimum absolute atomic E-state index is 0.247. The van der Waals surface area contributed by atoms with Crippen LogP contribution in [0.1, 0.15) is 18.4 Å². The van der Waals surface area contributed by atoms with Crippen molar-refractivity contribution in [3.8, 4) is 5.75 Å². The molecule has 2 heterocycles. The summed E-state index contributed by atoms with van der Waals surface area (Å²) in [6, 6.07) is 15.4. The summed E-state index contributed by atoms with van der Waals surface area (Å²) in [5.74, 6) is 0.706. The third-order valence-corrected chi connectivity index (χ3v) is 5.31. The van der Waals surface area contributed by atoms with E-state index in [4.69, 9.17) is 14.2 Å². The number of rotatable bonds is 2. The molecule has 0 bridgehead atoms. The highest BCUT2D eigenvalue weighted by atomic mass is 79.9. The van der Waals surface area contributed by atoms with Crippen LogP contribution < -0.4 is 9.64 Å². The second kappa shape index (κ2) is 7.29. The molecule has 0 unspecified atom stereocenters. The zero-order valence-corrected chi connectivity index (χ0v) is 15.9. The molecule has 26 heavy (non-hydrogen) atoms. The van der Waals surface area contributed by atoms with Crippen LogP contribution in [0.25, 0.3) is 0 Å². The Morgan fingerprint density at radius 2 is 1.92 bits per heavy atom. The molecule has 1 spiro atoms. The lowest BCUT2D eigenvalue weighted by Gasteiger charge is -2.45. The van der Waals surface area contributed by atoms with Gasteiger partial charge in [0.1, 0.15) is 18.0 Å². The standard InChI is InChI=1S/C20H20BrNO4/c21-16-6-7-18-17(12-16)22(14-20(26-18)8-10-24-11-9-20)19(23)25-13-15-4-2-1-3-5-15/h1-7,12H,8-11,13-14H2. The van der Waals surface area contributed by atoms with Crippen molar-refractivity contribution in [1.82, 2.24) is 0 Å². The molecule has 2 aromatic rings. The lowest BCUT2D eigenvalue weighted by molar-refractivity contribution is -0.0454. The number of amides is 1. The van der Waals surface area contributed by atoms with Crippen molar-refractivity contribution in [2.45, 2.75) is 25.0 Å². The average molecular weight is 418 g/mol. The number of nitrogens with zero attached hydrogens (tertiary/aromatic N) is 1. The van der Waals surface area contributed by atoms with Gasteiger partial charge in [0.05, 0.1) is 25.4 Å². The predicted molar refractivity (Wildman–Crippen MR) is 102 cm³/mol. The van der Waals surface area contributed by atoms with Gasteiger partial charge in [-0.05, 0) is 23.8 Å². The fourth-order valence-corrected chi connectivity index (χ4v) is 3.74. The normalized spacial score (nSPS) is 18.1. The van der Waals surface area contributed by atoms with E-state index in [9.17, 15) is 4.79 Å². The molecule has 0 N–H and O–H groups in total. The summed E-state index contributed by atoms with van der Waals surface area (Å²) >= 11 is 3.48. The summed E-state index contributed by atoms with van der Waals surface area (Å²) in [5.41, 5.74) is 1.28. The Morgan fingerprint density at radius 1 is 1.15 bits per heavy atom. The van der Waals surface area contributed by atoms with Gasteiger partial charge in [-0.1, -0.05) is 46.3 Å². The van der Waals surface area contributed by atoms with Gasteiger partial charge in [-0.25, -0.2) is 4.79 Å². The van der Waals surface area contributed by atoms with Crippen LogP contribution in [0.15, 0.2) is 53.0 Å². The Labute approximate surface area is 161 Å². The molecule has 1 amide bonds. The Hall–Kier alpha value is -2.05. The molecule has 1 saturated heterocycles. The number of ether oxygens (including phenoxy) is 3. The third-order valence-electron chi connectivity index (χ3n) is 4.81. The van der Waals surface area contributed by atoms with Crippen molar-refractivity contribution >= 4 is 27.7 Å². The van der Waals surface area contributed by atoms with E-state index in [0.717, 1.165) is 28.6 Å². The number of hydrogen-bond acceptors (Lipinski definition) is 4. The van der Waals surface area contributed by atoms with Gasteiger partial charge in [-0.2, -0.15) is 0 Å². The summed E-state index contributed by atoms with van der Waals surface area (Å²) in [7, 11) is 0. The maximum atomic E-state index is 12.9. The Morgan fingerprint density at radius 3 is 2.69 bits per heavy atom. The Bertz CT molecular complexity index is 790. The summed E-state index contributed by atoms with van der Waals surface area (Å²) in [6.07, 6.45) is 1.15. The molecule has 5 nitrogen and oxygen atoms in total. The predicted octanol–water partition coefficient (Wildman–Crippen LogP) is 4.53. The quantitative estimate of drug-likeness (QED) is 0.719. The first kappa shape index (κ1) is 17.4. The molecule has 0 saturated carbocycles. The van der Waals surface area contributed by atoms with Crippen LogP contribution in [0.2, 0.25) is 0 Å². The van der Waals surface area contributed by atoms with Crippen molar-refractivity contribution in [1.29, 1.82) is 0 Å².